The lowest BCUT2D eigenvalue weighted by molar-refractivity contribution is -0.146. The van der Waals surface area contributed by atoms with E-state index in [2.05, 4.69) is 4.74 Å². The molecule has 0 fully saturated rings. The Morgan fingerprint density at radius 2 is 1.77 bits per heavy atom. The van der Waals surface area contributed by atoms with Gasteiger partial charge >= 0.3 is 5.97 Å². The third-order valence-electron chi connectivity index (χ3n) is 2.27. The second kappa shape index (κ2) is 5.73. The van der Waals surface area contributed by atoms with Crippen molar-refractivity contribution in [1.82, 2.24) is 0 Å². The Bertz CT molecular complexity index is 187. The fourth-order valence-electron chi connectivity index (χ4n) is 1.02. The van der Waals surface area contributed by atoms with Crippen LogP contribution < -0.4 is 0 Å². The van der Waals surface area contributed by atoms with Crippen LogP contribution in [-0.4, -0.2) is 18.9 Å². The Morgan fingerprint density at radius 1 is 1.23 bits per heavy atom. The Balaban J connectivity index is 3.98. The van der Waals surface area contributed by atoms with Gasteiger partial charge in [0.1, 0.15) is 5.78 Å². The highest BCUT2D eigenvalue weighted by atomic mass is 16.5. The van der Waals surface area contributed by atoms with Gasteiger partial charge in [0.25, 0.3) is 0 Å². The van der Waals surface area contributed by atoms with Crippen LogP contribution in [0.3, 0.4) is 0 Å². The lowest BCUT2D eigenvalue weighted by atomic mass is 9.95. The van der Waals surface area contributed by atoms with E-state index in [0.29, 0.717) is 6.42 Å². The summed E-state index contributed by atoms with van der Waals surface area (Å²) in [5.41, 5.74) is 0. The molecule has 0 rings (SSSR count). The van der Waals surface area contributed by atoms with Gasteiger partial charge in [-0.1, -0.05) is 20.8 Å². The normalized spacial score (nSPS) is 14.8. The number of rotatable bonds is 5. The molecule has 0 amide bonds. The first kappa shape index (κ1) is 12.1. The van der Waals surface area contributed by atoms with Crippen molar-refractivity contribution < 1.29 is 14.3 Å². The fraction of sp³-hybridized carbons (Fsp3) is 0.800. The minimum atomic E-state index is -0.313. The third-order valence-corrected chi connectivity index (χ3v) is 2.27. The molecule has 3 heteroatoms. The highest BCUT2D eigenvalue weighted by molar-refractivity contribution is 5.85. The van der Waals surface area contributed by atoms with Crippen LogP contribution in [0.4, 0.5) is 0 Å². The topological polar surface area (TPSA) is 43.4 Å². The SMILES string of the molecule is CCC(C)C(=O)CC(C)C(=O)OC. The molecule has 0 aliphatic rings. The molecular weight excluding hydrogens is 168 g/mol. The van der Waals surface area contributed by atoms with Gasteiger partial charge in [-0.05, 0) is 6.42 Å². The number of ether oxygens (including phenoxy) is 1. The summed E-state index contributed by atoms with van der Waals surface area (Å²) in [6.07, 6.45) is 1.12. The number of carbonyl (C=O) groups excluding carboxylic acids is 2. The van der Waals surface area contributed by atoms with Crippen molar-refractivity contribution in [3.8, 4) is 0 Å². The largest absolute Gasteiger partial charge is 0.469 e. The van der Waals surface area contributed by atoms with E-state index in [1.54, 1.807) is 6.92 Å². The van der Waals surface area contributed by atoms with E-state index in [0.717, 1.165) is 6.42 Å². The number of hydrogen-bond donors (Lipinski definition) is 0. The molecule has 0 aromatic heterocycles. The van der Waals surface area contributed by atoms with Gasteiger partial charge in [0.2, 0.25) is 0 Å². The molecule has 0 spiro atoms. The van der Waals surface area contributed by atoms with Crippen LogP contribution in [0.15, 0.2) is 0 Å². The molecule has 2 unspecified atom stereocenters. The van der Waals surface area contributed by atoms with Gasteiger partial charge in [0.05, 0.1) is 13.0 Å². The lowest BCUT2D eigenvalue weighted by Gasteiger charge is -2.11. The van der Waals surface area contributed by atoms with Gasteiger partial charge < -0.3 is 4.74 Å². The number of ketones is 1. The molecule has 0 radical (unpaired) electrons. The van der Waals surface area contributed by atoms with Crippen LogP contribution in [0.1, 0.15) is 33.6 Å². The monoisotopic (exact) mass is 186 g/mol. The van der Waals surface area contributed by atoms with Crippen molar-refractivity contribution >= 4 is 11.8 Å². The summed E-state index contributed by atoms with van der Waals surface area (Å²) in [6, 6.07) is 0. The Hall–Kier alpha value is -0.860. The van der Waals surface area contributed by atoms with Crippen molar-refractivity contribution in [3.63, 3.8) is 0 Å². The number of methoxy groups -OCH3 is 1. The zero-order valence-electron chi connectivity index (χ0n) is 8.79. The molecular formula is C10H18O3. The van der Waals surface area contributed by atoms with Gasteiger partial charge in [-0.15, -0.1) is 0 Å². The number of hydrogen-bond acceptors (Lipinski definition) is 3. The maximum Gasteiger partial charge on any atom is 0.308 e. The Morgan fingerprint density at radius 3 is 2.15 bits per heavy atom. The lowest BCUT2D eigenvalue weighted by Crippen LogP contribution is -2.20. The molecule has 0 bridgehead atoms. The average Bonchev–Trinajstić information content (AvgIpc) is 2.14. The zero-order chi connectivity index (χ0) is 10.4. The van der Waals surface area contributed by atoms with Crippen molar-refractivity contribution in [3.05, 3.63) is 0 Å². The molecule has 0 aliphatic heterocycles. The van der Waals surface area contributed by atoms with Gasteiger partial charge in [-0.2, -0.15) is 0 Å². The first-order valence-corrected chi connectivity index (χ1v) is 4.63. The molecule has 3 nitrogen and oxygen atoms in total. The number of Topliss-reactive ketones (excluding diaryl/α,β-unsaturated/α-hetero) is 1. The minimum Gasteiger partial charge on any atom is -0.469 e. The molecule has 76 valence electrons. The molecule has 0 aromatic rings. The van der Waals surface area contributed by atoms with E-state index < -0.39 is 0 Å². The predicted octanol–water partition coefficient (Wildman–Crippen LogP) is 1.80. The summed E-state index contributed by atoms with van der Waals surface area (Å²) >= 11 is 0. The summed E-state index contributed by atoms with van der Waals surface area (Å²) in [5, 5.41) is 0. The Labute approximate surface area is 79.5 Å². The Kier molecular flexibility index (Phi) is 5.35. The van der Waals surface area contributed by atoms with E-state index in [1.807, 2.05) is 13.8 Å². The second-order valence-electron chi connectivity index (χ2n) is 3.40. The standard InChI is InChI=1S/C10H18O3/c1-5-7(2)9(11)6-8(3)10(12)13-4/h7-8H,5-6H2,1-4H3. The van der Waals surface area contributed by atoms with Crippen LogP contribution in [0, 0.1) is 11.8 Å². The van der Waals surface area contributed by atoms with Gasteiger partial charge in [-0.3, -0.25) is 9.59 Å². The first-order valence-electron chi connectivity index (χ1n) is 4.63. The van der Waals surface area contributed by atoms with Gasteiger partial charge in [-0.25, -0.2) is 0 Å². The van der Waals surface area contributed by atoms with Crippen LogP contribution in [0.25, 0.3) is 0 Å². The highest BCUT2D eigenvalue weighted by Crippen LogP contribution is 2.12. The zero-order valence-corrected chi connectivity index (χ0v) is 8.79. The maximum atomic E-state index is 11.4. The molecule has 2 atom stereocenters. The van der Waals surface area contributed by atoms with E-state index in [9.17, 15) is 9.59 Å². The average molecular weight is 186 g/mol. The molecule has 0 heterocycles. The van der Waals surface area contributed by atoms with E-state index in [1.165, 1.54) is 7.11 Å². The quantitative estimate of drug-likeness (QED) is 0.615. The van der Waals surface area contributed by atoms with Crippen molar-refractivity contribution in [2.45, 2.75) is 33.6 Å². The minimum absolute atomic E-state index is 0.0482. The van der Waals surface area contributed by atoms with Crippen LogP contribution in [0.2, 0.25) is 0 Å². The molecule has 0 aliphatic carbocycles. The van der Waals surface area contributed by atoms with Crippen LogP contribution in [0.5, 0.6) is 0 Å². The highest BCUT2D eigenvalue weighted by Gasteiger charge is 2.19. The smallest absolute Gasteiger partial charge is 0.308 e. The molecule has 13 heavy (non-hydrogen) atoms. The first-order chi connectivity index (χ1) is 6.02. The summed E-state index contributed by atoms with van der Waals surface area (Å²) in [5.74, 6) is -0.435. The molecule has 0 saturated heterocycles. The number of esters is 1. The van der Waals surface area contributed by atoms with Crippen molar-refractivity contribution in [2.75, 3.05) is 7.11 Å². The second-order valence-corrected chi connectivity index (χ2v) is 3.40. The van der Waals surface area contributed by atoms with Crippen LogP contribution in [-0.2, 0) is 14.3 Å². The molecule has 0 aromatic carbocycles. The van der Waals surface area contributed by atoms with Gasteiger partial charge in [0, 0.05) is 12.3 Å². The molecule has 0 saturated carbocycles. The van der Waals surface area contributed by atoms with Crippen molar-refractivity contribution in [2.24, 2.45) is 11.8 Å². The van der Waals surface area contributed by atoms with Crippen LogP contribution >= 0.6 is 0 Å². The molecule has 0 N–H and O–H groups in total. The summed E-state index contributed by atoms with van der Waals surface area (Å²) in [7, 11) is 1.34. The van der Waals surface area contributed by atoms with E-state index in [-0.39, 0.29) is 23.6 Å². The van der Waals surface area contributed by atoms with Gasteiger partial charge in [0.15, 0.2) is 0 Å². The summed E-state index contributed by atoms with van der Waals surface area (Å²) < 4.78 is 4.54. The van der Waals surface area contributed by atoms with E-state index in [4.69, 9.17) is 0 Å². The van der Waals surface area contributed by atoms with E-state index >= 15 is 0 Å². The predicted molar refractivity (Wildman–Crippen MR) is 50.3 cm³/mol. The summed E-state index contributed by atoms with van der Waals surface area (Å²) in [6.45, 7) is 5.56. The maximum absolute atomic E-state index is 11.4. The number of carbonyl (C=O) groups is 2. The fourth-order valence-corrected chi connectivity index (χ4v) is 1.02. The summed E-state index contributed by atoms with van der Waals surface area (Å²) in [4.78, 5) is 22.4. The third kappa shape index (κ3) is 4.06. The van der Waals surface area contributed by atoms with Crippen molar-refractivity contribution in [1.29, 1.82) is 0 Å².